The molecule has 1 saturated heterocycles. The predicted molar refractivity (Wildman–Crippen MR) is 73.3 cm³/mol. The predicted octanol–water partition coefficient (Wildman–Crippen LogP) is 1.15. The number of amides is 1. The number of hydrogen-bond acceptors (Lipinski definition) is 5. The Bertz CT molecular complexity index is 658. The van der Waals surface area contributed by atoms with Crippen molar-refractivity contribution in [2.45, 2.75) is 11.7 Å². The maximum atomic E-state index is 11.9. The highest BCUT2D eigenvalue weighted by Gasteiger charge is 2.38. The molecule has 1 unspecified atom stereocenters. The summed E-state index contributed by atoms with van der Waals surface area (Å²) >= 11 is 0. The number of esters is 1. The van der Waals surface area contributed by atoms with Gasteiger partial charge in [0, 0.05) is 29.3 Å². The number of benzene rings is 1. The summed E-state index contributed by atoms with van der Waals surface area (Å²) in [6.45, 7) is -0.0186. The van der Waals surface area contributed by atoms with Gasteiger partial charge >= 0.3 is 5.97 Å². The number of carbonyl (C=O) groups is 2. The van der Waals surface area contributed by atoms with Crippen LogP contribution >= 0.6 is 10.7 Å². The molecule has 1 amide bonds. The molecule has 1 fully saturated rings. The number of carbonyl (C=O) groups excluding carboxylic acids is 2. The standard InChI is InChI=1S/C12H12ClNO5S/c1-19-12(16)8-3-2-4-9(5-8)14-7-10(6-11(14)15)20(13,17)18/h2-5,10H,6-7H2,1H3. The number of ether oxygens (including phenoxy) is 1. The van der Waals surface area contributed by atoms with Crippen LogP contribution in [0.2, 0.25) is 0 Å². The number of nitrogens with zero attached hydrogens (tertiary/aromatic N) is 1. The fraction of sp³-hybridized carbons (Fsp3) is 0.333. The van der Waals surface area contributed by atoms with E-state index in [1.165, 1.54) is 18.1 Å². The molecule has 8 heteroatoms. The van der Waals surface area contributed by atoms with Crippen molar-refractivity contribution in [3.05, 3.63) is 29.8 Å². The maximum absolute atomic E-state index is 11.9. The second kappa shape index (κ2) is 5.41. The molecule has 1 atom stereocenters. The minimum Gasteiger partial charge on any atom is -0.465 e. The fourth-order valence-electron chi connectivity index (χ4n) is 2.03. The minimum absolute atomic E-state index is 0.0186. The van der Waals surface area contributed by atoms with Crippen LogP contribution in [-0.2, 0) is 18.6 Å². The van der Waals surface area contributed by atoms with Gasteiger partial charge in [0.25, 0.3) is 0 Å². The molecule has 20 heavy (non-hydrogen) atoms. The Morgan fingerprint density at radius 3 is 2.70 bits per heavy atom. The highest BCUT2D eigenvalue weighted by molar-refractivity contribution is 8.14. The molecule has 6 nitrogen and oxygen atoms in total. The third kappa shape index (κ3) is 2.94. The summed E-state index contributed by atoms with van der Waals surface area (Å²) in [4.78, 5) is 24.6. The van der Waals surface area contributed by atoms with Crippen LogP contribution in [0.4, 0.5) is 5.69 Å². The van der Waals surface area contributed by atoms with Gasteiger partial charge in [-0.05, 0) is 18.2 Å². The summed E-state index contributed by atoms with van der Waals surface area (Å²) in [6, 6.07) is 6.24. The number of anilines is 1. The van der Waals surface area contributed by atoms with Gasteiger partial charge in [0.15, 0.2) is 0 Å². The van der Waals surface area contributed by atoms with Gasteiger partial charge in [-0.25, -0.2) is 13.2 Å². The molecule has 0 spiro atoms. The molecule has 1 aliphatic rings. The summed E-state index contributed by atoms with van der Waals surface area (Å²) in [6.07, 6.45) is -0.158. The van der Waals surface area contributed by atoms with Crippen LogP contribution in [0.5, 0.6) is 0 Å². The Hall–Kier alpha value is -1.60. The summed E-state index contributed by atoms with van der Waals surface area (Å²) in [5.41, 5.74) is 0.732. The minimum atomic E-state index is -3.79. The zero-order valence-corrected chi connectivity index (χ0v) is 12.1. The van der Waals surface area contributed by atoms with Crippen LogP contribution in [0.3, 0.4) is 0 Å². The summed E-state index contributed by atoms with van der Waals surface area (Å²) in [5, 5.41) is -0.932. The van der Waals surface area contributed by atoms with E-state index < -0.39 is 20.3 Å². The first-order valence-electron chi connectivity index (χ1n) is 5.75. The monoisotopic (exact) mass is 317 g/mol. The smallest absolute Gasteiger partial charge is 0.337 e. The Morgan fingerprint density at radius 2 is 2.15 bits per heavy atom. The molecule has 0 N–H and O–H groups in total. The molecule has 0 bridgehead atoms. The molecule has 0 saturated carbocycles. The van der Waals surface area contributed by atoms with E-state index in [2.05, 4.69) is 4.74 Å². The number of methoxy groups -OCH3 is 1. The number of hydrogen-bond donors (Lipinski definition) is 0. The van der Waals surface area contributed by atoms with Crippen molar-refractivity contribution in [1.82, 2.24) is 0 Å². The Kier molecular flexibility index (Phi) is 4.01. The average molecular weight is 318 g/mol. The third-order valence-corrected chi connectivity index (χ3v) is 4.93. The molecule has 1 aromatic rings. The van der Waals surface area contributed by atoms with E-state index in [-0.39, 0.29) is 24.4 Å². The highest BCUT2D eigenvalue weighted by Crippen LogP contribution is 2.27. The van der Waals surface area contributed by atoms with Crippen molar-refractivity contribution >= 4 is 37.3 Å². The SMILES string of the molecule is COC(=O)c1cccc(N2CC(S(=O)(=O)Cl)CC2=O)c1. The Morgan fingerprint density at radius 1 is 1.45 bits per heavy atom. The van der Waals surface area contributed by atoms with Gasteiger partial charge in [-0.3, -0.25) is 4.79 Å². The lowest BCUT2D eigenvalue weighted by Gasteiger charge is -2.16. The average Bonchev–Trinajstić information content (AvgIpc) is 2.80. The second-order valence-corrected chi connectivity index (χ2v) is 7.26. The van der Waals surface area contributed by atoms with Crippen molar-refractivity contribution < 1.29 is 22.7 Å². The van der Waals surface area contributed by atoms with E-state index in [0.717, 1.165) is 0 Å². The topological polar surface area (TPSA) is 80.8 Å². The lowest BCUT2D eigenvalue weighted by Crippen LogP contribution is -2.26. The van der Waals surface area contributed by atoms with Crippen LogP contribution in [0.1, 0.15) is 16.8 Å². The molecule has 1 heterocycles. The first-order valence-corrected chi connectivity index (χ1v) is 8.12. The fourth-order valence-corrected chi connectivity index (χ4v) is 3.06. The van der Waals surface area contributed by atoms with Gasteiger partial charge in [0.1, 0.15) is 5.25 Å². The van der Waals surface area contributed by atoms with Gasteiger partial charge in [0.05, 0.1) is 12.7 Å². The van der Waals surface area contributed by atoms with Gasteiger partial charge in [-0.1, -0.05) is 6.07 Å². The number of halogens is 1. The number of rotatable bonds is 3. The third-order valence-electron chi connectivity index (χ3n) is 3.07. The molecule has 0 aromatic heterocycles. The molecular weight excluding hydrogens is 306 g/mol. The van der Waals surface area contributed by atoms with Crippen molar-refractivity contribution in [3.8, 4) is 0 Å². The maximum Gasteiger partial charge on any atom is 0.337 e. The van der Waals surface area contributed by atoms with Gasteiger partial charge < -0.3 is 9.64 Å². The quantitative estimate of drug-likeness (QED) is 0.617. The van der Waals surface area contributed by atoms with Crippen LogP contribution in [0.15, 0.2) is 24.3 Å². The Labute approximate surface area is 120 Å². The second-order valence-electron chi connectivity index (χ2n) is 4.35. The lowest BCUT2D eigenvalue weighted by atomic mass is 10.2. The molecule has 2 rings (SSSR count). The van der Waals surface area contributed by atoms with Crippen molar-refractivity contribution in [2.75, 3.05) is 18.6 Å². The van der Waals surface area contributed by atoms with E-state index in [1.807, 2.05) is 0 Å². The molecule has 1 aromatic carbocycles. The van der Waals surface area contributed by atoms with Gasteiger partial charge in [-0.15, -0.1) is 0 Å². The van der Waals surface area contributed by atoms with Crippen LogP contribution < -0.4 is 4.90 Å². The van der Waals surface area contributed by atoms with Crippen molar-refractivity contribution in [1.29, 1.82) is 0 Å². The van der Waals surface area contributed by atoms with Gasteiger partial charge in [-0.2, -0.15) is 0 Å². The summed E-state index contributed by atoms with van der Waals surface area (Å²) < 4.78 is 27.2. The van der Waals surface area contributed by atoms with E-state index in [0.29, 0.717) is 5.69 Å². The lowest BCUT2D eigenvalue weighted by molar-refractivity contribution is -0.117. The zero-order chi connectivity index (χ0) is 14.9. The summed E-state index contributed by atoms with van der Waals surface area (Å²) in [5.74, 6) is -0.874. The largest absolute Gasteiger partial charge is 0.465 e. The van der Waals surface area contributed by atoms with Crippen molar-refractivity contribution in [2.24, 2.45) is 0 Å². The van der Waals surface area contributed by atoms with E-state index in [4.69, 9.17) is 10.7 Å². The zero-order valence-electron chi connectivity index (χ0n) is 10.6. The molecule has 1 aliphatic heterocycles. The molecular formula is C12H12ClNO5S. The summed E-state index contributed by atoms with van der Waals surface area (Å²) in [7, 11) is 2.75. The molecule has 0 aliphatic carbocycles. The molecule has 108 valence electrons. The van der Waals surface area contributed by atoms with E-state index in [9.17, 15) is 18.0 Å². The van der Waals surface area contributed by atoms with Crippen LogP contribution in [-0.4, -0.2) is 39.2 Å². The first kappa shape index (κ1) is 14.8. The van der Waals surface area contributed by atoms with Crippen LogP contribution in [0, 0.1) is 0 Å². The molecule has 0 radical (unpaired) electrons. The Balaban J connectivity index is 2.29. The van der Waals surface area contributed by atoms with E-state index in [1.54, 1.807) is 18.2 Å². The van der Waals surface area contributed by atoms with E-state index >= 15 is 0 Å². The normalized spacial score (nSPS) is 19.2. The first-order chi connectivity index (χ1) is 9.32. The van der Waals surface area contributed by atoms with Crippen LogP contribution in [0.25, 0.3) is 0 Å². The highest BCUT2D eigenvalue weighted by atomic mass is 35.7. The van der Waals surface area contributed by atoms with Gasteiger partial charge in [0.2, 0.25) is 15.0 Å². The van der Waals surface area contributed by atoms with Crippen molar-refractivity contribution in [3.63, 3.8) is 0 Å².